The summed E-state index contributed by atoms with van der Waals surface area (Å²) in [5, 5.41) is 8.50. The Labute approximate surface area is 119 Å². The van der Waals surface area contributed by atoms with Crippen LogP contribution in [0.3, 0.4) is 0 Å². The van der Waals surface area contributed by atoms with Crippen LogP contribution in [0.25, 0.3) is 21.9 Å². The maximum absolute atomic E-state index is 12.0. The van der Waals surface area contributed by atoms with Crippen LogP contribution in [0.4, 0.5) is 0 Å². The molecule has 1 aromatic carbocycles. The van der Waals surface area contributed by atoms with Crippen molar-refractivity contribution in [2.24, 2.45) is 7.05 Å². The van der Waals surface area contributed by atoms with E-state index in [4.69, 9.17) is 4.42 Å². The summed E-state index contributed by atoms with van der Waals surface area (Å²) in [7, 11) is 1.87. The van der Waals surface area contributed by atoms with E-state index in [1.165, 1.54) is 0 Å². The van der Waals surface area contributed by atoms with Gasteiger partial charge < -0.3 is 4.42 Å². The summed E-state index contributed by atoms with van der Waals surface area (Å²) >= 11 is 0. The van der Waals surface area contributed by atoms with Crippen molar-refractivity contribution in [1.29, 1.82) is 0 Å². The van der Waals surface area contributed by atoms with Crippen LogP contribution >= 0.6 is 0 Å². The molecule has 0 saturated carbocycles. The van der Waals surface area contributed by atoms with Gasteiger partial charge in [-0.1, -0.05) is 0 Å². The Morgan fingerprint density at radius 3 is 3.05 bits per heavy atom. The number of rotatable bonds is 1. The van der Waals surface area contributed by atoms with Crippen molar-refractivity contribution in [1.82, 2.24) is 15.1 Å². The van der Waals surface area contributed by atoms with E-state index in [-0.39, 0.29) is 17.7 Å². The van der Waals surface area contributed by atoms with Gasteiger partial charge in [0, 0.05) is 29.8 Å². The van der Waals surface area contributed by atoms with Gasteiger partial charge in [-0.15, -0.1) is 0 Å². The fourth-order valence-electron chi connectivity index (χ4n) is 2.95. The van der Waals surface area contributed by atoms with Crippen LogP contribution < -0.4 is 5.32 Å². The molecule has 3 aromatic rings. The molecule has 0 spiro atoms. The van der Waals surface area contributed by atoms with Gasteiger partial charge in [-0.25, -0.2) is 0 Å². The number of aryl methyl sites for hydroxylation is 1. The van der Waals surface area contributed by atoms with Crippen LogP contribution in [0, 0.1) is 0 Å². The van der Waals surface area contributed by atoms with E-state index in [0.717, 1.165) is 27.4 Å². The van der Waals surface area contributed by atoms with Gasteiger partial charge in [0.2, 0.25) is 11.8 Å². The Balaban J connectivity index is 1.88. The predicted molar refractivity (Wildman–Crippen MR) is 75.6 cm³/mol. The lowest BCUT2D eigenvalue weighted by Gasteiger charge is -2.19. The number of hydrogen-bond donors (Lipinski definition) is 1. The molecule has 21 heavy (non-hydrogen) atoms. The van der Waals surface area contributed by atoms with Crippen LogP contribution in [0.5, 0.6) is 0 Å². The van der Waals surface area contributed by atoms with Gasteiger partial charge in [0.1, 0.15) is 5.58 Å². The maximum Gasteiger partial charge on any atom is 0.234 e. The summed E-state index contributed by atoms with van der Waals surface area (Å²) in [6, 6.07) is 3.91. The molecule has 3 heterocycles. The molecule has 0 radical (unpaired) electrons. The monoisotopic (exact) mass is 283 g/mol. The highest BCUT2D eigenvalue weighted by Gasteiger charge is 2.30. The lowest BCUT2D eigenvalue weighted by atomic mass is 9.90. The number of piperidine rings is 1. The maximum atomic E-state index is 12.0. The second-order valence-electron chi connectivity index (χ2n) is 5.37. The number of imide groups is 1. The highest BCUT2D eigenvalue weighted by Crippen LogP contribution is 2.34. The molecule has 2 aromatic heterocycles. The fourth-order valence-corrected chi connectivity index (χ4v) is 2.95. The third-order valence-electron chi connectivity index (χ3n) is 4.09. The molecule has 1 fully saturated rings. The van der Waals surface area contributed by atoms with E-state index in [1.54, 1.807) is 17.1 Å². The van der Waals surface area contributed by atoms with Crippen molar-refractivity contribution < 1.29 is 14.0 Å². The number of aromatic nitrogens is 2. The minimum absolute atomic E-state index is 0.210. The molecular formula is C15H13N3O3. The number of nitrogens with one attached hydrogen (secondary N) is 1. The van der Waals surface area contributed by atoms with E-state index in [9.17, 15) is 9.59 Å². The molecule has 1 saturated heterocycles. The quantitative estimate of drug-likeness (QED) is 0.691. The number of furan rings is 1. The van der Waals surface area contributed by atoms with Gasteiger partial charge in [-0.05, 0) is 18.6 Å². The third kappa shape index (κ3) is 1.75. The topological polar surface area (TPSA) is 77.1 Å². The van der Waals surface area contributed by atoms with Gasteiger partial charge in [-0.2, -0.15) is 5.10 Å². The Kier molecular flexibility index (Phi) is 2.42. The van der Waals surface area contributed by atoms with Crippen molar-refractivity contribution >= 4 is 33.7 Å². The highest BCUT2D eigenvalue weighted by molar-refractivity contribution is 6.04. The average Bonchev–Trinajstić information content (AvgIpc) is 3.02. The first kappa shape index (κ1) is 12.1. The molecule has 1 N–H and O–H groups in total. The van der Waals surface area contributed by atoms with Crippen molar-refractivity contribution in [2.75, 3.05) is 0 Å². The highest BCUT2D eigenvalue weighted by atomic mass is 16.3. The first-order chi connectivity index (χ1) is 10.1. The molecule has 106 valence electrons. The number of hydrogen-bond acceptors (Lipinski definition) is 4. The number of nitrogens with zero attached hydrogens (tertiary/aromatic N) is 2. The van der Waals surface area contributed by atoms with E-state index < -0.39 is 0 Å². The van der Waals surface area contributed by atoms with Gasteiger partial charge in [-0.3, -0.25) is 19.6 Å². The minimum atomic E-state index is -0.338. The first-order valence-electron chi connectivity index (χ1n) is 6.80. The number of carbonyl (C=O) groups excluding carboxylic acids is 2. The predicted octanol–water partition coefficient (Wildman–Crippen LogP) is 1.84. The molecule has 2 amide bonds. The Morgan fingerprint density at radius 2 is 2.24 bits per heavy atom. The van der Waals surface area contributed by atoms with Crippen LogP contribution in [0.1, 0.15) is 24.3 Å². The van der Waals surface area contributed by atoms with E-state index in [2.05, 4.69) is 10.4 Å². The molecule has 1 atom stereocenters. The third-order valence-corrected chi connectivity index (χ3v) is 4.09. The number of carbonyl (C=O) groups is 2. The fraction of sp³-hybridized carbons (Fsp3) is 0.267. The Morgan fingerprint density at radius 1 is 1.38 bits per heavy atom. The first-order valence-corrected chi connectivity index (χ1v) is 6.80. The van der Waals surface area contributed by atoms with E-state index >= 15 is 0 Å². The summed E-state index contributed by atoms with van der Waals surface area (Å²) in [6.45, 7) is 0. The van der Waals surface area contributed by atoms with Crippen molar-refractivity contribution in [3.8, 4) is 0 Å². The zero-order valence-corrected chi connectivity index (χ0v) is 11.4. The molecule has 0 aliphatic carbocycles. The molecule has 6 heteroatoms. The molecule has 0 bridgehead atoms. The summed E-state index contributed by atoms with van der Waals surface area (Å²) < 4.78 is 7.38. The number of benzene rings is 1. The molecular weight excluding hydrogens is 270 g/mol. The zero-order chi connectivity index (χ0) is 14.6. The Hall–Kier alpha value is -2.63. The second-order valence-corrected chi connectivity index (χ2v) is 5.37. The van der Waals surface area contributed by atoms with Crippen LogP contribution in [-0.4, -0.2) is 21.6 Å². The SMILES string of the molecule is Cn1ncc2cc3occ(C4CCC(=O)NC4=O)c3cc21. The van der Waals surface area contributed by atoms with Gasteiger partial charge >= 0.3 is 0 Å². The van der Waals surface area contributed by atoms with Crippen LogP contribution in [0.15, 0.2) is 29.0 Å². The van der Waals surface area contributed by atoms with Gasteiger partial charge in [0.05, 0.1) is 23.9 Å². The molecule has 4 rings (SSSR count). The summed E-state index contributed by atoms with van der Waals surface area (Å²) in [6.07, 6.45) is 4.28. The zero-order valence-electron chi connectivity index (χ0n) is 11.4. The molecule has 6 nitrogen and oxygen atoms in total. The average molecular weight is 283 g/mol. The van der Waals surface area contributed by atoms with Gasteiger partial charge in [0.25, 0.3) is 0 Å². The number of fused-ring (bicyclic) bond motifs is 2. The molecule has 1 aliphatic heterocycles. The van der Waals surface area contributed by atoms with Gasteiger partial charge in [0.15, 0.2) is 0 Å². The molecule has 1 aliphatic rings. The largest absolute Gasteiger partial charge is 0.464 e. The Bertz CT molecular complexity index is 890. The number of amides is 2. The van der Waals surface area contributed by atoms with Crippen molar-refractivity contribution in [3.05, 3.63) is 30.2 Å². The molecule has 1 unspecified atom stereocenters. The van der Waals surface area contributed by atoms with Crippen LogP contribution in [-0.2, 0) is 16.6 Å². The van der Waals surface area contributed by atoms with Crippen molar-refractivity contribution in [3.63, 3.8) is 0 Å². The smallest absolute Gasteiger partial charge is 0.234 e. The summed E-state index contributed by atoms with van der Waals surface area (Å²) in [4.78, 5) is 23.3. The van der Waals surface area contributed by atoms with E-state index in [1.807, 2.05) is 19.2 Å². The van der Waals surface area contributed by atoms with Crippen molar-refractivity contribution in [2.45, 2.75) is 18.8 Å². The van der Waals surface area contributed by atoms with Crippen LogP contribution in [0.2, 0.25) is 0 Å². The summed E-state index contributed by atoms with van der Waals surface area (Å²) in [5.74, 6) is -0.799. The lowest BCUT2D eigenvalue weighted by molar-refractivity contribution is -0.134. The lowest BCUT2D eigenvalue weighted by Crippen LogP contribution is -2.39. The normalized spacial score (nSPS) is 19.4. The summed E-state index contributed by atoms with van der Waals surface area (Å²) in [5.41, 5.74) is 2.55. The van der Waals surface area contributed by atoms with E-state index in [0.29, 0.717) is 12.8 Å². The second kappa shape index (κ2) is 4.18. The standard InChI is InChI=1S/C15H13N3O3/c1-18-12-5-10-11(9-2-3-14(19)17-15(9)20)7-21-13(10)4-8(12)6-16-18/h4-7,9H,2-3H2,1H3,(H,17,19,20). The minimum Gasteiger partial charge on any atom is -0.464 e.